The van der Waals surface area contributed by atoms with E-state index in [1.165, 1.54) is 0 Å². The molecule has 0 saturated carbocycles. The Balaban J connectivity index is 1.77. The van der Waals surface area contributed by atoms with E-state index < -0.39 is 5.91 Å². The first-order valence-corrected chi connectivity index (χ1v) is 7.25. The number of carbonyl (C=O) groups is 2. The highest BCUT2D eigenvalue weighted by Crippen LogP contribution is 2.08. The molecule has 5 nitrogen and oxygen atoms in total. The van der Waals surface area contributed by atoms with E-state index in [1.807, 2.05) is 24.3 Å². The molecule has 0 spiro atoms. The number of ether oxygens (including phenoxy) is 1. The fraction of sp³-hybridized carbons (Fsp3) is 0.0667. The second-order valence-electron chi connectivity index (χ2n) is 4.11. The van der Waals surface area contributed by atoms with Gasteiger partial charge in [0.15, 0.2) is 6.61 Å². The average Bonchev–Trinajstić information content (AvgIpc) is 2.51. The van der Waals surface area contributed by atoms with Gasteiger partial charge in [-0.3, -0.25) is 20.4 Å². The van der Waals surface area contributed by atoms with Crippen LogP contribution in [0.25, 0.3) is 0 Å². The molecule has 2 N–H and O–H groups in total. The first kappa shape index (κ1) is 15.3. The molecule has 0 saturated heterocycles. The van der Waals surface area contributed by atoms with Crippen molar-refractivity contribution in [2.45, 2.75) is 0 Å². The summed E-state index contributed by atoms with van der Waals surface area (Å²) < 4.78 is 6.20. The molecule has 0 heterocycles. The highest BCUT2D eigenvalue weighted by molar-refractivity contribution is 14.1. The predicted octanol–water partition coefficient (Wildman–Crippen LogP) is 2.13. The van der Waals surface area contributed by atoms with Crippen LogP contribution in [0.1, 0.15) is 10.4 Å². The number of carbonyl (C=O) groups excluding carboxylic acids is 2. The van der Waals surface area contributed by atoms with Crippen molar-refractivity contribution in [2.24, 2.45) is 0 Å². The van der Waals surface area contributed by atoms with E-state index in [1.54, 1.807) is 30.3 Å². The number of hydrogen-bond donors (Lipinski definition) is 2. The minimum atomic E-state index is -0.433. The van der Waals surface area contributed by atoms with Gasteiger partial charge in [-0.1, -0.05) is 24.3 Å². The number of benzene rings is 2. The third-order valence-electron chi connectivity index (χ3n) is 2.52. The molecule has 0 radical (unpaired) electrons. The molecule has 2 rings (SSSR count). The summed E-state index contributed by atoms with van der Waals surface area (Å²) in [6.07, 6.45) is 0. The molecule has 108 valence electrons. The second kappa shape index (κ2) is 7.63. The van der Waals surface area contributed by atoms with Crippen LogP contribution in [-0.4, -0.2) is 18.4 Å². The van der Waals surface area contributed by atoms with Crippen molar-refractivity contribution in [1.29, 1.82) is 0 Å². The highest BCUT2D eigenvalue weighted by atomic mass is 127. The van der Waals surface area contributed by atoms with Gasteiger partial charge < -0.3 is 4.74 Å². The van der Waals surface area contributed by atoms with Crippen LogP contribution in [0.3, 0.4) is 0 Å². The molecular formula is C15H13IN2O3. The van der Waals surface area contributed by atoms with Crippen LogP contribution in [0.4, 0.5) is 0 Å². The number of hydrogen-bond acceptors (Lipinski definition) is 3. The Morgan fingerprint density at radius 2 is 1.76 bits per heavy atom. The van der Waals surface area contributed by atoms with Gasteiger partial charge in [0.2, 0.25) is 0 Å². The van der Waals surface area contributed by atoms with Crippen LogP contribution < -0.4 is 15.6 Å². The Morgan fingerprint density at radius 3 is 2.48 bits per heavy atom. The lowest BCUT2D eigenvalue weighted by molar-refractivity contribution is -0.123. The minimum Gasteiger partial charge on any atom is -0.484 e. The number of nitrogens with one attached hydrogen (secondary N) is 2. The maximum atomic E-state index is 11.8. The van der Waals surface area contributed by atoms with Crippen molar-refractivity contribution in [3.63, 3.8) is 0 Å². The first-order chi connectivity index (χ1) is 10.1. The molecule has 0 aliphatic carbocycles. The fourth-order valence-electron chi connectivity index (χ4n) is 1.53. The van der Waals surface area contributed by atoms with E-state index in [0.29, 0.717) is 11.3 Å². The van der Waals surface area contributed by atoms with Gasteiger partial charge >= 0.3 is 0 Å². The molecule has 21 heavy (non-hydrogen) atoms. The zero-order valence-electron chi connectivity index (χ0n) is 11.0. The molecule has 0 fully saturated rings. The minimum absolute atomic E-state index is 0.170. The summed E-state index contributed by atoms with van der Waals surface area (Å²) in [7, 11) is 0. The van der Waals surface area contributed by atoms with Crippen molar-refractivity contribution < 1.29 is 14.3 Å². The molecule has 0 bridgehead atoms. The van der Waals surface area contributed by atoms with Gasteiger partial charge in [-0.25, -0.2) is 0 Å². The van der Waals surface area contributed by atoms with E-state index in [-0.39, 0.29) is 12.5 Å². The van der Waals surface area contributed by atoms with Gasteiger partial charge in [-0.15, -0.1) is 0 Å². The highest BCUT2D eigenvalue weighted by Gasteiger charge is 2.08. The van der Waals surface area contributed by atoms with Gasteiger partial charge in [0.1, 0.15) is 5.75 Å². The predicted molar refractivity (Wildman–Crippen MR) is 86.7 cm³/mol. The van der Waals surface area contributed by atoms with Crippen LogP contribution in [0, 0.1) is 3.57 Å². The monoisotopic (exact) mass is 396 g/mol. The Hall–Kier alpha value is -2.09. The third kappa shape index (κ3) is 5.07. The van der Waals surface area contributed by atoms with E-state index in [2.05, 4.69) is 33.4 Å². The normalized spacial score (nSPS) is 9.76. The Bertz CT molecular complexity index is 632. The Kier molecular flexibility index (Phi) is 5.56. The summed E-state index contributed by atoms with van der Waals surface area (Å²) >= 11 is 2.11. The average molecular weight is 396 g/mol. The number of amides is 2. The second-order valence-corrected chi connectivity index (χ2v) is 5.36. The molecule has 0 aliphatic heterocycles. The standard InChI is InChI=1S/C15H13IN2O3/c16-12-6-4-5-11(9-12)15(20)18-17-14(19)10-21-13-7-2-1-3-8-13/h1-9H,10H2,(H,17,19)(H,18,20). The summed E-state index contributed by atoms with van der Waals surface area (Å²) in [5.41, 5.74) is 5.12. The summed E-state index contributed by atoms with van der Waals surface area (Å²) in [5, 5.41) is 0. The maximum absolute atomic E-state index is 11.8. The van der Waals surface area contributed by atoms with Crippen LogP contribution >= 0.6 is 22.6 Å². The molecule has 0 atom stereocenters. The van der Waals surface area contributed by atoms with Gasteiger partial charge in [-0.2, -0.15) is 0 Å². The smallest absolute Gasteiger partial charge is 0.276 e. The summed E-state index contributed by atoms with van der Waals surface area (Å²) in [5.74, 6) is -0.212. The Morgan fingerprint density at radius 1 is 1.00 bits per heavy atom. The number of para-hydroxylation sites is 1. The van der Waals surface area contributed by atoms with Crippen molar-refractivity contribution in [3.05, 3.63) is 63.7 Å². The third-order valence-corrected chi connectivity index (χ3v) is 3.19. The van der Waals surface area contributed by atoms with Gasteiger partial charge in [0, 0.05) is 9.13 Å². The van der Waals surface area contributed by atoms with E-state index in [9.17, 15) is 9.59 Å². The summed E-state index contributed by atoms with van der Waals surface area (Å²) in [4.78, 5) is 23.4. The molecule has 6 heteroatoms. The van der Waals surface area contributed by atoms with Crippen molar-refractivity contribution in [1.82, 2.24) is 10.9 Å². The van der Waals surface area contributed by atoms with Crippen molar-refractivity contribution >= 4 is 34.4 Å². The molecule has 0 unspecified atom stereocenters. The van der Waals surface area contributed by atoms with Gasteiger partial charge in [0.25, 0.3) is 11.8 Å². The zero-order valence-corrected chi connectivity index (χ0v) is 13.2. The van der Waals surface area contributed by atoms with Crippen molar-refractivity contribution in [3.8, 4) is 5.75 Å². The SMILES string of the molecule is O=C(COc1ccccc1)NNC(=O)c1cccc(I)c1. The molecule has 0 aromatic heterocycles. The van der Waals surface area contributed by atoms with E-state index in [0.717, 1.165) is 3.57 Å². The fourth-order valence-corrected chi connectivity index (χ4v) is 2.07. The number of halogens is 1. The Labute approximate surface area is 135 Å². The van der Waals surface area contributed by atoms with Crippen LogP contribution in [-0.2, 0) is 4.79 Å². The molecule has 2 aromatic rings. The lowest BCUT2D eigenvalue weighted by Crippen LogP contribution is -2.43. The van der Waals surface area contributed by atoms with Crippen LogP contribution in [0.2, 0.25) is 0 Å². The zero-order chi connectivity index (χ0) is 15.1. The lowest BCUT2D eigenvalue weighted by atomic mass is 10.2. The topological polar surface area (TPSA) is 67.4 Å². The van der Waals surface area contributed by atoms with E-state index >= 15 is 0 Å². The van der Waals surface area contributed by atoms with Gasteiger partial charge in [0.05, 0.1) is 0 Å². The first-order valence-electron chi connectivity index (χ1n) is 6.18. The van der Waals surface area contributed by atoms with Gasteiger partial charge in [-0.05, 0) is 52.9 Å². The van der Waals surface area contributed by atoms with Crippen molar-refractivity contribution in [2.75, 3.05) is 6.61 Å². The summed E-state index contributed by atoms with van der Waals surface area (Å²) in [6.45, 7) is -0.170. The quantitative estimate of drug-likeness (QED) is 0.615. The van der Waals surface area contributed by atoms with E-state index in [4.69, 9.17) is 4.74 Å². The molecule has 0 aliphatic rings. The molecule has 2 amide bonds. The van der Waals surface area contributed by atoms with Crippen LogP contribution in [0.15, 0.2) is 54.6 Å². The summed E-state index contributed by atoms with van der Waals surface area (Å²) in [6, 6.07) is 16.0. The number of hydrazine groups is 1. The maximum Gasteiger partial charge on any atom is 0.276 e. The molecular weight excluding hydrogens is 383 g/mol. The van der Waals surface area contributed by atoms with Crippen LogP contribution in [0.5, 0.6) is 5.75 Å². The molecule has 2 aromatic carbocycles. The lowest BCUT2D eigenvalue weighted by Gasteiger charge is -2.09. The number of rotatable bonds is 4. The largest absolute Gasteiger partial charge is 0.484 e.